The molecule has 1 amide bonds. The number of carbonyl (C=O) groups excluding carboxylic acids is 1. The largest absolute Gasteiger partial charge is 0.573 e. The van der Waals surface area contributed by atoms with Gasteiger partial charge in [0.25, 0.3) is 0 Å². The maximum Gasteiger partial charge on any atom is 0.573 e. The summed E-state index contributed by atoms with van der Waals surface area (Å²) in [7, 11) is -4.02. The van der Waals surface area contributed by atoms with Gasteiger partial charge in [-0.1, -0.05) is 0 Å². The lowest BCUT2D eigenvalue weighted by Crippen LogP contribution is -2.42. The zero-order valence-corrected chi connectivity index (χ0v) is 15.8. The number of hydrogen-bond donors (Lipinski definition) is 3. The SMILES string of the molecule is Cl.O=C(CNS(=O)(=O)c1ccc(OC(F)(F)F)cc1)NCC1CCCNC1. The first-order valence-electron chi connectivity index (χ1n) is 7.98. The van der Waals surface area contributed by atoms with E-state index in [-0.39, 0.29) is 17.3 Å². The van der Waals surface area contributed by atoms with Gasteiger partial charge in [0.05, 0.1) is 11.4 Å². The molecule has 1 saturated heterocycles. The number of benzene rings is 1. The summed E-state index contributed by atoms with van der Waals surface area (Å²) in [6.45, 7) is 1.76. The molecule has 1 aliphatic heterocycles. The van der Waals surface area contributed by atoms with Gasteiger partial charge in [-0.25, -0.2) is 13.1 Å². The predicted octanol–water partition coefficient (Wildman–Crippen LogP) is 1.40. The molecule has 0 aliphatic carbocycles. The maximum absolute atomic E-state index is 12.1. The van der Waals surface area contributed by atoms with Crippen molar-refractivity contribution in [3.05, 3.63) is 24.3 Å². The van der Waals surface area contributed by atoms with E-state index in [1.807, 2.05) is 0 Å². The molecular weight excluding hydrogens is 411 g/mol. The molecule has 154 valence electrons. The van der Waals surface area contributed by atoms with Crippen LogP contribution >= 0.6 is 12.4 Å². The highest BCUT2D eigenvalue weighted by molar-refractivity contribution is 7.89. The van der Waals surface area contributed by atoms with Crippen LogP contribution in [0.25, 0.3) is 0 Å². The molecule has 1 aromatic rings. The van der Waals surface area contributed by atoms with E-state index in [4.69, 9.17) is 0 Å². The van der Waals surface area contributed by atoms with Crippen LogP contribution in [0, 0.1) is 5.92 Å². The maximum atomic E-state index is 12.1. The number of carbonyl (C=O) groups is 1. The van der Waals surface area contributed by atoms with Gasteiger partial charge >= 0.3 is 6.36 Å². The van der Waals surface area contributed by atoms with Crippen LogP contribution < -0.4 is 20.1 Å². The van der Waals surface area contributed by atoms with E-state index < -0.39 is 34.6 Å². The molecule has 1 aromatic carbocycles. The summed E-state index contributed by atoms with van der Waals surface area (Å²) in [4.78, 5) is 11.5. The van der Waals surface area contributed by atoms with Crippen molar-refractivity contribution in [2.45, 2.75) is 24.1 Å². The molecule has 0 bridgehead atoms. The normalized spacial score (nSPS) is 17.7. The highest BCUT2D eigenvalue weighted by Crippen LogP contribution is 2.23. The topological polar surface area (TPSA) is 96.5 Å². The molecule has 2 rings (SSSR count). The first kappa shape index (κ1) is 23.5. The predicted molar refractivity (Wildman–Crippen MR) is 94.2 cm³/mol. The van der Waals surface area contributed by atoms with Crippen molar-refractivity contribution in [1.29, 1.82) is 0 Å². The van der Waals surface area contributed by atoms with Gasteiger partial charge in [-0.05, 0) is 56.1 Å². The second-order valence-corrected chi connectivity index (χ2v) is 7.63. The third-order valence-corrected chi connectivity index (χ3v) is 5.19. The zero-order chi connectivity index (χ0) is 19.2. The Kier molecular flexibility index (Phi) is 8.79. The number of amides is 1. The van der Waals surface area contributed by atoms with Crippen LogP contribution in [0.3, 0.4) is 0 Å². The lowest BCUT2D eigenvalue weighted by molar-refractivity contribution is -0.274. The average molecular weight is 432 g/mol. The van der Waals surface area contributed by atoms with Gasteiger partial charge in [0.15, 0.2) is 0 Å². The molecule has 1 aliphatic rings. The fourth-order valence-corrected chi connectivity index (χ4v) is 3.47. The molecule has 27 heavy (non-hydrogen) atoms. The van der Waals surface area contributed by atoms with Crippen molar-refractivity contribution in [3.63, 3.8) is 0 Å². The summed E-state index contributed by atoms with van der Waals surface area (Å²) in [5.74, 6) is -0.697. The second kappa shape index (κ2) is 10.1. The van der Waals surface area contributed by atoms with Gasteiger partial charge in [-0.3, -0.25) is 4.79 Å². The van der Waals surface area contributed by atoms with E-state index in [1.54, 1.807) is 0 Å². The van der Waals surface area contributed by atoms with Gasteiger partial charge in [0.2, 0.25) is 15.9 Å². The minimum Gasteiger partial charge on any atom is -0.406 e. The first-order valence-corrected chi connectivity index (χ1v) is 9.47. The van der Waals surface area contributed by atoms with E-state index >= 15 is 0 Å². The summed E-state index contributed by atoms with van der Waals surface area (Å²) in [6, 6.07) is 3.71. The molecular formula is C15H21ClF3N3O4S. The fourth-order valence-electron chi connectivity index (χ4n) is 2.48. The number of hydrogen-bond acceptors (Lipinski definition) is 5. The van der Waals surface area contributed by atoms with Crippen LogP contribution in [0.15, 0.2) is 29.2 Å². The van der Waals surface area contributed by atoms with Crippen molar-refractivity contribution in [2.75, 3.05) is 26.2 Å². The second-order valence-electron chi connectivity index (χ2n) is 5.86. The van der Waals surface area contributed by atoms with E-state index in [2.05, 4.69) is 20.1 Å². The van der Waals surface area contributed by atoms with E-state index in [1.165, 1.54) is 0 Å². The van der Waals surface area contributed by atoms with Crippen LogP contribution in [0.4, 0.5) is 13.2 Å². The Morgan fingerprint density at radius 1 is 1.26 bits per heavy atom. The van der Waals surface area contributed by atoms with E-state index in [0.29, 0.717) is 12.5 Å². The quantitative estimate of drug-likeness (QED) is 0.606. The monoisotopic (exact) mass is 431 g/mol. The van der Waals surface area contributed by atoms with Gasteiger partial charge < -0.3 is 15.4 Å². The number of rotatable bonds is 7. The van der Waals surface area contributed by atoms with Crippen molar-refractivity contribution < 1.29 is 31.1 Å². The summed E-state index contributed by atoms with van der Waals surface area (Å²) >= 11 is 0. The Hall–Kier alpha value is -1.56. The average Bonchev–Trinajstić information content (AvgIpc) is 2.58. The highest BCUT2D eigenvalue weighted by atomic mass is 35.5. The summed E-state index contributed by atoms with van der Waals surface area (Å²) in [6.07, 6.45) is -2.84. The Balaban J connectivity index is 0.00000364. The molecule has 7 nitrogen and oxygen atoms in total. The van der Waals surface area contributed by atoms with Gasteiger partial charge in [0.1, 0.15) is 5.75 Å². The van der Waals surface area contributed by atoms with Crippen LogP contribution in [-0.2, 0) is 14.8 Å². The van der Waals surface area contributed by atoms with Crippen molar-refractivity contribution in [3.8, 4) is 5.75 Å². The molecule has 12 heteroatoms. The van der Waals surface area contributed by atoms with Crippen molar-refractivity contribution in [1.82, 2.24) is 15.4 Å². The number of sulfonamides is 1. The minimum absolute atomic E-state index is 0. The van der Waals surface area contributed by atoms with Crippen molar-refractivity contribution >= 4 is 28.3 Å². The molecule has 0 radical (unpaired) electrons. The Labute approximate surface area is 161 Å². The zero-order valence-electron chi connectivity index (χ0n) is 14.2. The number of piperidine rings is 1. The summed E-state index contributed by atoms with van der Waals surface area (Å²) < 4.78 is 66.2. The number of ether oxygens (including phenoxy) is 1. The first-order chi connectivity index (χ1) is 12.2. The summed E-state index contributed by atoms with van der Waals surface area (Å²) in [5.41, 5.74) is 0. The molecule has 0 aromatic heterocycles. The summed E-state index contributed by atoms with van der Waals surface area (Å²) in [5, 5.41) is 5.87. The smallest absolute Gasteiger partial charge is 0.406 e. The van der Waals surface area contributed by atoms with Gasteiger partial charge in [-0.15, -0.1) is 25.6 Å². The molecule has 1 heterocycles. The minimum atomic E-state index is -4.86. The van der Waals surface area contributed by atoms with Crippen LogP contribution in [0.5, 0.6) is 5.75 Å². The lowest BCUT2D eigenvalue weighted by Gasteiger charge is -2.22. The van der Waals surface area contributed by atoms with Crippen molar-refractivity contribution in [2.24, 2.45) is 5.92 Å². The van der Waals surface area contributed by atoms with Crippen LogP contribution in [0.2, 0.25) is 0 Å². The standard InChI is InChI=1S/C15H20F3N3O4S.ClH/c16-15(17,18)25-12-3-5-13(6-4-12)26(23,24)21-10-14(22)20-9-11-2-1-7-19-8-11;/h3-6,11,19,21H,1-2,7-10H2,(H,20,22);1H. The van der Waals surface area contributed by atoms with Gasteiger partial charge in [-0.2, -0.15) is 0 Å². The third kappa shape index (κ3) is 8.33. The molecule has 0 spiro atoms. The van der Waals surface area contributed by atoms with E-state index in [9.17, 15) is 26.4 Å². The Morgan fingerprint density at radius 2 is 1.93 bits per heavy atom. The lowest BCUT2D eigenvalue weighted by atomic mass is 10.00. The van der Waals surface area contributed by atoms with E-state index in [0.717, 1.165) is 50.2 Å². The molecule has 3 N–H and O–H groups in total. The molecule has 1 fully saturated rings. The van der Waals surface area contributed by atoms with Gasteiger partial charge in [0, 0.05) is 6.54 Å². The number of nitrogens with one attached hydrogen (secondary N) is 3. The number of alkyl halides is 3. The molecule has 0 saturated carbocycles. The molecule has 1 unspecified atom stereocenters. The molecule has 1 atom stereocenters. The Morgan fingerprint density at radius 3 is 2.48 bits per heavy atom. The third-order valence-electron chi connectivity index (χ3n) is 3.78. The Bertz CT molecular complexity index is 708. The van der Waals surface area contributed by atoms with Crippen LogP contribution in [0.1, 0.15) is 12.8 Å². The fraction of sp³-hybridized carbons (Fsp3) is 0.533. The van der Waals surface area contributed by atoms with Crippen LogP contribution in [-0.4, -0.2) is 46.9 Å². The highest BCUT2D eigenvalue weighted by Gasteiger charge is 2.31. The number of halogens is 4.